The zero-order valence-corrected chi connectivity index (χ0v) is 22.9. The fraction of sp³-hybridized carbons (Fsp3) is 0.387. The van der Waals surface area contributed by atoms with Gasteiger partial charge in [-0.3, -0.25) is 0 Å². The standard InChI is InChI=1S/C31H35N5O3/c1-4-39-31(37)27-20-26(22-9-11-23(12-10-22)35-15-17-38-18-16-35)28-29(21(2)3)33-36(30(28)32-27)25-8-5-7-24(19-25)34-13-6-14-34/h5,7-12,19-21H,4,6,13-18H2,1-3H3. The van der Waals surface area contributed by atoms with Crippen LogP contribution in [0.5, 0.6) is 0 Å². The third-order valence-electron chi connectivity index (χ3n) is 7.55. The lowest BCUT2D eigenvalue weighted by atomic mass is 9.97. The van der Waals surface area contributed by atoms with Crippen molar-refractivity contribution in [3.8, 4) is 16.8 Å². The minimum absolute atomic E-state index is 0.161. The van der Waals surface area contributed by atoms with Gasteiger partial charge in [-0.25, -0.2) is 14.5 Å². The second-order valence-corrected chi connectivity index (χ2v) is 10.4. The molecular formula is C31H35N5O3. The Morgan fingerprint density at radius 1 is 0.949 bits per heavy atom. The third-order valence-corrected chi connectivity index (χ3v) is 7.55. The average Bonchev–Trinajstić information content (AvgIpc) is 3.33. The lowest BCUT2D eigenvalue weighted by Crippen LogP contribution is -2.36. The predicted octanol–water partition coefficient (Wildman–Crippen LogP) is 5.43. The van der Waals surface area contributed by atoms with Crippen molar-refractivity contribution in [2.24, 2.45) is 0 Å². The van der Waals surface area contributed by atoms with E-state index in [1.807, 2.05) is 17.7 Å². The van der Waals surface area contributed by atoms with Crippen molar-refractivity contribution in [3.05, 3.63) is 66.0 Å². The van der Waals surface area contributed by atoms with Crippen molar-refractivity contribution < 1.29 is 14.3 Å². The van der Waals surface area contributed by atoms with E-state index in [-0.39, 0.29) is 18.2 Å². The normalized spacial score (nSPS) is 15.6. The van der Waals surface area contributed by atoms with Crippen LogP contribution in [0.2, 0.25) is 0 Å². The summed E-state index contributed by atoms with van der Waals surface area (Å²) in [5.41, 5.74) is 7.12. The number of ether oxygens (including phenoxy) is 2. The van der Waals surface area contributed by atoms with E-state index in [9.17, 15) is 4.79 Å². The molecule has 2 aromatic carbocycles. The molecule has 8 nitrogen and oxygen atoms in total. The fourth-order valence-corrected chi connectivity index (χ4v) is 5.33. The molecule has 0 bridgehead atoms. The average molecular weight is 526 g/mol. The quantitative estimate of drug-likeness (QED) is 0.298. The Labute approximate surface area is 229 Å². The third kappa shape index (κ3) is 4.85. The second-order valence-electron chi connectivity index (χ2n) is 10.4. The van der Waals surface area contributed by atoms with Crippen molar-refractivity contribution >= 4 is 28.4 Å². The highest BCUT2D eigenvalue weighted by Gasteiger charge is 2.24. The molecule has 0 amide bonds. The van der Waals surface area contributed by atoms with E-state index in [1.165, 1.54) is 17.8 Å². The van der Waals surface area contributed by atoms with E-state index in [0.29, 0.717) is 5.65 Å². The van der Waals surface area contributed by atoms with Gasteiger partial charge < -0.3 is 19.3 Å². The molecule has 0 saturated carbocycles. The van der Waals surface area contributed by atoms with Gasteiger partial charge >= 0.3 is 5.97 Å². The Morgan fingerprint density at radius 3 is 2.33 bits per heavy atom. The highest BCUT2D eigenvalue weighted by atomic mass is 16.5. The Morgan fingerprint density at radius 2 is 1.67 bits per heavy atom. The van der Waals surface area contributed by atoms with Crippen LogP contribution in [-0.2, 0) is 9.47 Å². The molecule has 0 spiro atoms. The summed E-state index contributed by atoms with van der Waals surface area (Å²) >= 11 is 0. The molecule has 4 heterocycles. The van der Waals surface area contributed by atoms with Crippen LogP contribution < -0.4 is 9.80 Å². The van der Waals surface area contributed by atoms with Crippen LogP contribution in [0.15, 0.2) is 54.6 Å². The Kier molecular flexibility index (Phi) is 6.95. The van der Waals surface area contributed by atoms with Crippen LogP contribution in [0, 0.1) is 0 Å². The first-order valence-electron chi connectivity index (χ1n) is 13.9. The fourth-order valence-electron chi connectivity index (χ4n) is 5.33. The molecule has 2 saturated heterocycles. The van der Waals surface area contributed by atoms with Gasteiger partial charge in [0, 0.05) is 37.6 Å². The zero-order valence-electron chi connectivity index (χ0n) is 22.9. The molecule has 2 fully saturated rings. The maximum atomic E-state index is 13.0. The summed E-state index contributed by atoms with van der Waals surface area (Å²) in [7, 11) is 0. The van der Waals surface area contributed by atoms with Crippen LogP contribution in [0.3, 0.4) is 0 Å². The van der Waals surface area contributed by atoms with Gasteiger partial charge in [-0.1, -0.05) is 32.0 Å². The Hall–Kier alpha value is -3.91. The summed E-state index contributed by atoms with van der Waals surface area (Å²) in [5, 5.41) is 6.05. The maximum Gasteiger partial charge on any atom is 0.357 e. The molecule has 6 rings (SSSR count). The van der Waals surface area contributed by atoms with Gasteiger partial charge in [0.05, 0.1) is 36.6 Å². The number of carbonyl (C=O) groups is 1. The molecule has 39 heavy (non-hydrogen) atoms. The number of rotatable bonds is 7. The first kappa shape index (κ1) is 25.4. The van der Waals surface area contributed by atoms with E-state index >= 15 is 0 Å². The number of morpholine rings is 1. The van der Waals surface area contributed by atoms with Gasteiger partial charge in [-0.15, -0.1) is 0 Å². The second kappa shape index (κ2) is 10.7. The largest absolute Gasteiger partial charge is 0.461 e. The molecule has 0 atom stereocenters. The molecule has 0 aliphatic carbocycles. The number of fused-ring (bicyclic) bond motifs is 1. The summed E-state index contributed by atoms with van der Waals surface area (Å²) in [6, 6.07) is 18.8. The Balaban J connectivity index is 1.52. The van der Waals surface area contributed by atoms with Crippen molar-refractivity contribution in [3.63, 3.8) is 0 Å². The van der Waals surface area contributed by atoms with Crippen molar-refractivity contribution in [1.82, 2.24) is 14.8 Å². The van der Waals surface area contributed by atoms with Crippen molar-refractivity contribution in [2.45, 2.75) is 33.1 Å². The summed E-state index contributed by atoms with van der Waals surface area (Å²) < 4.78 is 12.8. The smallest absolute Gasteiger partial charge is 0.357 e. The summed E-state index contributed by atoms with van der Waals surface area (Å²) in [5.74, 6) is -0.271. The number of nitrogens with zero attached hydrogens (tertiary/aromatic N) is 5. The molecular weight excluding hydrogens is 490 g/mol. The van der Waals surface area contributed by atoms with Crippen LogP contribution in [-0.4, -0.2) is 66.7 Å². The van der Waals surface area contributed by atoms with E-state index in [2.05, 4.69) is 72.2 Å². The van der Waals surface area contributed by atoms with Gasteiger partial charge in [0.15, 0.2) is 11.3 Å². The van der Waals surface area contributed by atoms with Crippen molar-refractivity contribution in [1.29, 1.82) is 0 Å². The summed E-state index contributed by atoms with van der Waals surface area (Å²) in [6.07, 6.45) is 1.21. The number of aromatic nitrogens is 3. The monoisotopic (exact) mass is 525 g/mol. The van der Waals surface area contributed by atoms with E-state index in [1.54, 1.807) is 0 Å². The molecule has 2 aliphatic heterocycles. The van der Waals surface area contributed by atoms with Gasteiger partial charge in [0.2, 0.25) is 0 Å². The zero-order chi connectivity index (χ0) is 26.9. The highest BCUT2D eigenvalue weighted by Crippen LogP contribution is 2.37. The van der Waals surface area contributed by atoms with Crippen LogP contribution in [0.4, 0.5) is 11.4 Å². The number of carbonyl (C=O) groups excluding carboxylic acids is 1. The number of esters is 1. The molecule has 0 N–H and O–H groups in total. The molecule has 0 unspecified atom stereocenters. The number of benzene rings is 2. The highest BCUT2D eigenvalue weighted by molar-refractivity contribution is 6.00. The molecule has 4 aromatic rings. The SMILES string of the molecule is CCOC(=O)c1cc(-c2ccc(N3CCOCC3)cc2)c2c(C(C)C)nn(-c3cccc(N4CCC4)c3)c2n1. The number of pyridine rings is 1. The number of hydrogen-bond acceptors (Lipinski definition) is 7. The first-order chi connectivity index (χ1) is 19.0. The molecule has 2 aromatic heterocycles. The van der Waals surface area contributed by atoms with Gasteiger partial charge in [-0.2, -0.15) is 5.10 Å². The summed E-state index contributed by atoms with van der Waals surface area (Å²) in [4.78, 5) is 22.5. The van der Waals surface area contributed by atoms with Crippen LogP contribution >= 0.6 is 0 Å². The first-order valence-corrected chi connectivity index (χ1v) is 13.9. The minimum atomic E-state index is -0.432. The van der Waals surface area contributed by atoms with Gasteiger partial charge in [0.1, 0.15) is 0 Å². The van der Waals surface area contributed by atoms with E-state index < -0.39 is 5.97 Å². The van der Waals surface area contributed by atoms with Gasteiger partial charge in [-0.05, 0) is 66.8 Å². The Bertz CT molecular complexity index is 1480. The van der Waals surface area contributed by atoms with Crippen molar-refractivity contribution in [2.75, 3.05) is 55.8 Å². The number of anilines is 2. The van der Waals surface area contributed by atoms with E-state index in [4.69, 9.17) is 19.6 Å². The molecule has 0 radical (unpaired) electrons. The van der Waals surface area contributed by atoms with E-state index in [0.717, 1.165) is 67.3 Å². The van der Waals surface area contributed by atoms with Crippen LogP contribution in [0.1, 0.15) is 49.3 Å². The molecule has 2 aliphatic rings. The topological polar surface area (TPSA) is 72.7 Å². The van der Waals surface area contributed by atoms with Gasteiger partial charge in [0.25, 0.3) is 0 Å². The lowest BCUT2D eigenvalue weighted by molar-refractivity contribution is 0.0520. The minimum Gasteiger partial charge on any atom is -0.461 e. The lowest BCUT2D eigenvalue weighted by Gasteiger charge is -2.33. The summed E-state index contributed by atoms with van der Waals surface area (Å²) in [6.45, 7) is 11.8. The molecule has 202 valence electrons. The van der Waals surface area contributed by atoms with Crippen LogP contribution in [0.25, 0.3) is 27.8 Å². The maximum absolute atomic E-state index is 13.0. The predicted molar refractivity (Wildman–Crippen MR) is 154 cm³/mol. The number of hydrogen-bond donors (Lipinski definition) is 0. The molecule has 8 heteroatoms.